The fraction of sp³-hybridized carbons (Fsp3) is 0.208. The van der Waals surface area contributed by atoms with Crippen molar-refractivity contribution in [2.45, 2.75) is 33.6 Å². The van der Waals surface area contributed by atoms with E-state index in [-0.39, 0.29) is 11.8 Å². The number of hydrogen-bond donors (Lipinski definition) is 0. The highest BCUT2D eigenvalue weighted by molar-refractivity contribution is 5.97. The van der Waals surface area contributed by atoms with Gasteiger partial charge in [0.15, 0.2) is 0 Å². The molecule has 0 aliphatic heterocycles. The number of carbonyl (C=O) groups is 2. The third kappa shape index (κ3) is 4.34. The summed E-state index contributed by atoms with van der Waals surface area (Å²) in [5, 5.41) is 0. The average molecular weight is 372 g/mol. The molecule has 1 amide bonds. The number of benzene rings is 2. The van der Waals surface area contributed by atoms with Gasteiger partial charge in [-0.05, 0) is 66.8 Å². The van der Waals surface area contributed by atoms with E-state index in [0.29, 0.717) is 16.6 Å². The van der Waals surface area contributed by atoms with Crippen molar-refractivity contribution in [3.63, 3.8) is 0 Å². The van der Waals surface area contributed by atoms with Gasteiger partial charge in [0.05, 0.1) is 0 Å². The number of aromatic nitrogens is 1. The molecule has 0 aliphatic rings. The Morgan fingerprint density at radius 3 is 1.86 bits per heavy atom. The number of aryl methyl sites for hydroxylation is 3. The summed E-state index contributed by atoms with van der Waals surface area (Å²) in [5.41, 5.74) is 4.62. The van der Waals surface area contributed by atoms with Gasteiger partial charge in [-0.3, -0.25) is 14.2 Å². The molecule has 1 aromatic heterocycles. The summed E-state index contributed by atoms with van der Waals surface area (Å²) >= 11 is 0. The van der Waals surface area contributed by atoms with Gasteiger partial charge in [0.1, 0.15) is 5.49 Å². The average Bonchev–Trinajstić information content (AvgIpc) is 2.74. The van der Waals surface area contributed by atoms with Crippen LogP contribution in [0.1, 0.15) is 51.3 Å². The zero-order valence-electron chi connectivity index (χ0n) is 16.5. The van der Waals surface area contributed by atoms with Crippen LogP contribution in [-0.2, 0) is 12.8 Å². The highest BCUT2D eigenvalue weighted by Gasteiger charge is 2.11. The maximum Gasteiger partial charge on any atom is 0.278 e. The molecule has 4 nitrogen and oxygen atoms in total. The molecule has 0 fully saturated rings. The molecule has 0 saturated heterocycles. The van der Waals surface area contributed by atoms with Gasteiger partial charge in [-0.2, -0.15) is 4.99 Å². The van der Waals surface area contributed by atoms with Gasteiger partial charge in [0, 0.05) is 17.3 Å². The maximum atomic E-state index is 13.0. The highest BCUT2D eigenvalue weighted by Crippen LogP contribution is 2.08. The van der Waals surface area contributed by atoms with E-state index in [0.717, 1.165) is 24.0 Å². The zero-order chi connectivity index (χ0) is 20.1. The van der Waals surface area contributed by atoms with E-state index in [1.54, 1.807) is 24.4 Å². The van der Waals surface area contributed by atoms with Crippen LogP contribution in [-0.4, -0.2) is 16.4 Å². The molecule has 0 atom stereocenters. The van der Waals surface area contributed by atoms with E-state index in [9.17, 15) is 9.59 Å². The van der Waals surface area contributed by atoms with Crippen LogP contribution in [0.4, 0.5) is 0 Å². The third-order valence-electron chi connectivity index (χ3n) is 4.73. The first-order chi connectivity index (χ1) is 13.5. The first kappa shape index (κ1) is 19.5. The third-order valence-corrected chi connectivity index (χ3v) is 4.73. The lowest BCUT2D eigenvalue weighted by atomic mass is 10.1. The Hall–Kier alpha value is -3.27. The first-order valence-corrected chi connectivity index (χ1v) is 9.52. The predicted molar refractivity (Wildman–Crippen MR) is 110 cm³/mol. The summed E-state index contributed by atoms with van der Waals surface area (Å²) in [6.07, 6.45) is 3.54. The number of pyridine rings is 1. The first-order valence-electron chi connectivity index (χ1n) is 9.52. The number of rotatable bonds is 4. The standard InChI is InChI=1S/C24H24N2O2/c1-4-18-7-11-20(12-8-18)23(27)25-22-15-6-17(3)16-26(22)24(28)21-13-9-19(5-2)10-14-21/h6-16H,4-5H2,1-3H3. The monoisotopic (exact) mass is 372 g/mol. The Morgan fingerprint density at radius 2 is 1.32 bits per heavy atom. The van der Waals surface area contributed by atoms with E-state index in [4.69, 9.17) is 0 Å². The van der Waals surface area contributed by atoms with E-state index < -0.39 is 0 Å². The van der Waals surface area contributed by atoms with E-state index in [1.807, 2.05) is 49.4 Å². The molecule has 0 N–H and O–H groups in total. The van der Waals surface area contributed by atoms with Gasteiger partial charge >= 0.3 is 0 Å². The molecule has 0 saturated carbocycles. The number of carbonyl (C=O) groups excluding carboxylic acids is 2. The van der Waals surface area contributed by atoms with E-state index in [1.165, 1.54) is 10.1 Å². The molecule has 1 heterocycles. The fourth-order valence-electron chi connectivity index (χ4n) is 2.93. The maximum absolute atomic E-state index is 13.0. The minimum atomic E-state index is -0.366. The molecule has 0 spiro atoms. The number of amides is 1. The molecule has 3 rings (SSSR count). The minimum Gasteiger partial charge on any atom is -0.268 e. The number of hydrogen-bond acceptors (Lipinski definition) is 2. The summed E-state index contributed by atoms with van der Waals surface area (Å²) in [7, 11) is 0. The molecular weight excluding hydrogens is 348 g/mol. The van der Waals surface area contributed by atoms with Crippen LogP contribution in [0.25, 0.3) is 0 Å². The van der Waals surface area contributed by atoms with Crippen LogP contribution in [0.2, 0.25) is 0 Å². The van der Waals surface area contributed by atoms with Crippen molar-refractivity contribution in [1.29, 1.82) is 0 Å². The van der Waals surface area contributed by atoms with Gasteiger partial charge in [-0.1, -0.05) is 44.2 Å². The van der Waals surface area contributed by atoms with Crippen molar-refractivity contribution < 1.29 is 9.59 Å². The Labute approximate surface area is 165 Å². The second-order valence-electron chi connectivity index (χ2n) is 6.76. The molecule has 0 aliphatic carbocycles. The van der Waals surface area contributed by atoms with Gasteiger partial charge in [0.25, 0.3) is 11.8 Å². The fourth-order valence-corrected chi connectivity index (χ4v) is 2.93. The largest absolute Gasteiger partial charge is 0.278 e. The molecule has 28 heavy (non-hydrogen) atoms. The topological polar surface area (TPSA) is 51.4 Å². The van der Waals surface area contributed by atoms with Gasteiger partial charge < -0.3 is 0 Å². The Balaban J connectivity index is 2.00. The van der Waals surface area contributed by atoms with E-state index >= 15 is 0 Å². The van der Waals surface area contributed by atoms with Gasteiger partial charge in [-0.15, -0.1) is 0 Å². The van der Waals surface area contributed by atoms with Crippen molar-refractivity contribution in [2.75, 3.05) is 0 Å². The Kier molecular flexibility index (Phi) is 5.99. The van der Waals surface area contributed by atoms with Crippen LogP contribution in [0.5, 0.6) is 0 Å². The zero-order valence-corrected chi connectivity index (χ0v) is 16.5. The highest BCUT2D eigenvalue weighted by atomic mass is 16.2. The van der Waals surface area contributed by atoms with Crippen molar-refractivity contribution in [3.8, 4) is 0 Å². The lowest BCUT2D eigenvalue weighted by Gasteiger charge is -2.08. The van der Waals surface area contributed by atoms with Crippen LogP contribution in [0, 0.1) is 6.92 Å². The van der Waals surface area contributed by atoms with Gasteiger partial charge in [-0.25, -0.2) is 0 Å². The SMILES string of the molecule is CCc1ccc(C(=O)N=c2ccc(C)cn2C(=O)c2ccc(CC)cc2)cc1. The van der Waals surface area contributed by atoms with E-state index in [2.05, 4.69) is 18.8 Å². The molecular formula is C24H24N2O2. The van der Waals surface area contributed by atoms with Crippen molar-refractivity contribution >= 4 is 11.8 Å². The van der Waals surface area contributed by atoms with Crippen molar-refractivity contribution in [2.24, 2.45) is 4.99 Å². The predicted octanol–water partition coefficient (Wildman–Crippen LogP) is 4.35. The Bertz CT molecular complexity index is 1060. The van der Waals surface area contributed by atoms with Crippen LogP contribution >= 0.6 is 0 Å². The number of nitrogens with zero attached hydrogens (tertiary/aromatic N) is 2. The normalized spacial score (nSPS) is 11.5. The molecule has 3 aromatic rings. The molecule has 0 bridgehead atoms. The smallest absolute Gasteiger partial charge is 0.268 e. The molecule has 0 unspecified atom stereocenters. The Morgan fingerprint density at radius 1 is 0.786 bits per heavy atom. The van der Waals surface area contributed by atoms with Crippen LogP contribution in [0.3, 0.4) is 0 Å². The summed E-state index contributed by atoms with van der Waals surface area (Å²) < 4.78 is 1.44. The summed E-state index contributed by atoms with van der Waals surface area (Å²) in [6.45, 7) is 6.04. The summed E-state index contributed by atoms with van der Waals surface area (Å²) in [6, 6.07) is 18.4. The molecule has 2 aromatic carbocycles. The summed E-state index contributed by atoms with van der Waals surface area (Å²) in [4.78, 5) is 29.8. The van der Waals surface area contributed by atoms with Gasteiger partial charge in [0.2, 0.25) is 0 Å². The molecule has 0 radical (unpaired) electrons. The van der Waals surface area contributed by atoms with Crippen molar-refractivity contribution in [1.82, 2.24) is 4.57 Å². The summed E-state index contributed by atoms with van der Waals surface area (Å²) in [5.74, 6) is -0.575. The molecule has 4 heteroatoms. The second-order valence-corrected chi connectivity index (χ2v) is 6.76. The minimum absolute atomic E-state index is 0.209. The van der Waals surface area contributed by atoms with Crippen LogP contribution in [0.15, 0.2) is 71.9 Å². The van der Waals surface area contributed by atoms with Crippen LogP contribution < -0.4 is 5.49 Å². The lowest BCUT2D eigenvalue weighted by Crippen LogP contribution is -2.28. The quantitative estimate of drug-likeness (QED) is 0.684. The lowest BCUT2D eigenvalue weighted by molar-refractivity contribution is 0.0953. The second kappa shape index (κ2) is 8.61. The van der Waals surface area contributed by atoms with Crippen molar-refractivity contribution in [3.05, 3.63) is 100 Å². The molecule has 142 valence electrons.